The van der Waals surface area contributed by atoms with Crippen LogP contribution in [0, 0.1) is 0 Å². The summed E-state index contributed by atoms with van der Waals surface area (Å²) in [6.45, 7) is 2.13. The molecule has 0 saturated heterocycles. The summed E-state index contributed by atoms with van der Waals surface area (Å²) < 4.78 is 17.4. The SMILES string of the molecule is CCOC(=O)c1ccc(-c2cnc3c(c2)c(-c2ccc4nonc4c2)cn3-c2ccc(OC)cc2)cc1. The second-order valence-corrected chi connectivity index (χ2v) is 8.47. The van der Waals surface area contributed by atoms with Crippen LogP contribution in [0.2, 0.25) is 0 Å². The van der Waals surface area contributed by atoms with Crippen LogP contribution in [0.1, 0.15) is 17.3 Å². The first-order valence-electron chi connectivity index (χ1n) is 11.8. The topological polar surface area (TPSA) is 92.3 Å². The summed E-state index contributed by atoms with van der Waals surface area (Å²) in [7, 11) is 1.65. The van der Waals surface area contributed by atoms with Gasteiger partial charge in [-0.05, 0) is 83.0 Å². The van der Waals surface area contributed by atoms with E-state index in [4.69, 9.17) is 19.1 Å². The van der Waals surface area contributed by atoms with Crippen LogP contribution in [0.5, 0.6) is 5.75 Å². The maximum Gasteiger partial charge on any atom is 0.338 e. The molecule has 0 bridgehead atoms. The molecule has 37 heavy (non-hydrogen) atoms. The zero-order chi connectivity index (χ0) is 25.4. The first kappa shape index (κ1) is 22.5. The fourth-order valence-electron chi connectivity index (χ4n) is 4.40. The lowest BCUT2D eigenvalue weighted by molar-refractivity contribution is 0.0526. The molecule has 0 radical (unpaired) electrons. The molecular weight excluding hydrogens is 468 g/mol. The van der Waals surface area contributed by atoms with Crippen LogP contribution in [0.25, 0.3) is 50.0 Å². The summed E-state index contributed by atoms with van der Waals surface area (Å²) in [5, 5.41) is 8.90. The fourth-order valence-corrected chi connectivity index (χ4v) is 4.40. The predicted octanol–water partition coefficient (Wildman–Crippen LogP) is 6.08. The second-order valence-electron chi connectivity index (χ2n) is 8.47. The lowest BCUT2D eigenvalue weighted by atomic mass is 10.0. The third-order valence-corrected chi connectivity index (χ3v) is 6.29. The van der Waals surface area contributed by atoms with Crippen LogP contribution in [0.15, 0.2) is 89.8 Å². The molecule has 0 fully saturated rings. The number of rotatable bonds is 6. The van der Waals surface area contributed by atoms with Gasteiger partial charge in [-0.3, -0.25) is 0 Å². The van der Waals surface area contributed by atoms with E-state index in [0.29, 0.717) is 23.2 Å². The van der Waals surface area contributed by atoms with Gasteiger partial charge in [0.1, 0.15) is 22.4 Å². The summed E-state index contributed by atoms with van der Waals surface area (Å²) >= 11 is 0. The van der Waals surface area contributed by atoms with Gasteiger partial charge in [-0.1, -0.05) is 18.2 Å². The number of carbonyl (C=O) groups is 1. The average Bonchev–Trinajstić information content (AvgIpc) is 3.57. The lowest BCUT2D eigenvalue weighted by Gasteiger charge is -2.07. The Balaban J connectivity index is 1.50. The van der Waals surface area contributed by atoms with E-state index >= 15 is 0 Å². The van der Waals surface area contributed by atoms with Gasteiger partial charge in [-0.15, -0.1) is 0 Å². The zero-order valence-corrected chi connectivity index (χ0v) is 20.2. The molecule has 3 aromatic carbocycles. The van der Waals surface area contributed by atoms with Gasteiger partial charge in [0.15, 0.2) is 0 Å². The van der Waals surface area contributed by atoms with Crippen molar-refractivity contribution in [2.24, 2.45) is 0 Å². The standard InChI is InChI=1S/C29H22N4O4/c1-3-36-29(34)19-6-4-18(5-7-19)21-14-24-25(20-8-13-26-27(15-20)32-37-31-26)17-33(28(24)30-16-21)22-9-11-23(35-2)12-10-22/h4-17H,3H2,1-2H3. The summed E-state index contributed by atoms with van der Waals surface area (Å²) in [6.07, 6.45) is 3.91. The van der Waals surface area contributed by atoms with E-state index in [1.807, 2.05) is 60.8 Å². The Morgan fingerprint density at radius 2 is 1.65 bits per heavy atom. The Kier molecular flexibility index (Phi) is 5.61. The minimum atomic E-state index is -0.334. The predicted molar refractivity (Wildman–Crippen MR) is 140 cm³/mol. The molecule has 8 nitrogen and oxygen atoms in total. The smallest absolute Gasteiger partial charge is 0.338 e. The monoisotopic (exact) mass is 490 g/mol. The molecule has 0 saturated carbocycles. The Labute approximate surface area is 212 Å². The van der Waals surface area contributed by atoms with Crippen molar-refractivity contribution in [2.75, 3.05) is 13.7 Å². The Bertz CT molecular complexity index is 1730. The lowest BCUT2D eigenvalue weighted by Crippen LogP contribution is -2.04. The molecule has 0 amide bonds. The maximum atomic E-state index is 12.1. The van der Waals surface area contributed by atoms with Crippen LogP contribution < -0.4 is 4.74 Å². The number of pyridine rings is 1. The zero-order valence-electron chi connectivity index (χ0n) is 20.2. The molecule has 0 spiro atoms. The Hall–Kier alpha value is -4.98. The normalized spacial score (nSPS) is 11.2. The molecule has 0 atom stereocenters. The van der Waals surface area contributed by atoms with Crippen LogP contribution in [0.4, 0.5) is 0 Å². The highest BCUT2D eigenvalue weighted by Gasteiger charge is 2.16. The molecule has 0 aliphatic carbocycles. The van der Waals surface area contributed by atoms with Gasteiger partial charge in [0, 0.05) is 34.6 Å². The number of ether oxygens (including phenoxy) is 2. The van der Waals surface area contributed by atoms with Gasteiger partial charge < -0.3 is 14.0 Å². The van der Waals surface area contributed by atoms with Gasteiger partial charge >= 0.3 is 5.97 Å². The molecule has 0 aliphatic rings. The van der Waals surface area contributed by atoms with Crippen molar-refractivity contribution in [1.82, 2.24) is 19.9 Å². The molecule has 0 N–H and O–H groups in total. The molecule has 3 heterocycles. The molecule has 182 valence electrons. The van der Waals surface area contributed by atoms with E-state index in [1.54, 1.807) is 26.2 Å². The number of fused-ring (bicyclic) bond motifs is 2. The number of nitrogens with zero attached hydrogens (tertiary/aromatic N) is 4. The second kappa shape index (κ2) is 9.23. The summed E-state index contributed by atoms with van der Waals surface area (Å²) in [4.78, 5) is 16.9. The molecule has 8 heteroatoms. The van der Waals surface area contributed by atoms with Gasteiger partial charge in [-0.2, -0.15) is 0 Å². The number of methoxy groups -OCH3 is 1. The number of hydrogen-bond donors (Lipinski definition) is 0. The molecule has 6 rings (SSSR count). The average molecular weight is 491 g/mol. The highest BCUT2D eigenvalue weighted by Crippen LogP contribution is 2.35. The number of carbonyl (C=O) groups excluding carboxylic acids is 1. The Morgan fingerprint density at radius 1 is 0.892 bits per heavy atom. The first-order chi connectivity index (χ1) is 18.1. The van der Waals surface area contributed by atoms with Gasteiger partial charge in [0.25, 0.3) is 0 Å². The van der Waals surface area contributed by atoms with Crippen molar-refractivity contribution in [1.29, 1.82) is 0 Å². The molecule has 0 aliphatic heterocycles. The fraction of sp³-hybridized carbons (Fsp3) is 0.103. The van der Waals surface area contributed by atoms with E-state index in [1.165, 1.54) is 0 Å². The highest BCUT2D eigenvalue weighted by molar-refractivity contribution is 5.99. The van der Waals surface area contributed by atoms with Crippen molar-refractivity contribution < 1.29 is 18.9 Å². The maximum absolute atomic E-state index is 12.1. The van der Waals surface area contributed by atoms with E-state index in [0.717, 1.165) is 44.7 Å². The number of esters is 1. The van der Waals surface area contributed by atoms with Crippen molar-refractivity contribution in [3.05, 3.63) is 90.8 Å². The van der Waals surface area contributed by atoms with Crippen LogP contribution in [-0.2, 0) is 4.74 Å². The summed E-state index contributed by atoms with van der Waals surface area (Å²) in [5.41, 5.74) is 7.50. The van der Waals surface area contributed by atoms with Crippen molar-refractivity contribution in [3.63, 3.8) is 0 Å². The third kappa shape index (κ3) is 4.08. The van der Waals surface area contributed by atoms with E-state index in [-0.39, 0.29) is 5.97 Å². The van der Waals surface area contributed by atoms with Crippen molar-refractivity contribution >= 4 is 28.0 Å². The van der Waals surface area contributed by atoms with Gasteiger partial charge in [-0.25, -0.2) is 14.4 Å². The van der Waals surface area contributed by atoms with E-state index < -0.39 is 0 Å². The number of benzene rings is 3. The quantitative estimate of drug-likeness (QED) is 0.261. The van der Waals surface area contributed by atoms with Crippen LogP contribution in [0.3, 0.4) is 0 Å². The van der Waals surface area contributed by atoms with Gasteiger partial charge in [0.2, 0.25) is 0 Å². The summed E-state index contributed by atoms with van der Waals surface area (Å²) in [5.74, 6) is 0.449. The highest BCUT2D eigenvalue weighted by atomic mass is 16.6. The summed E-state index contributed by atoms with van der Waals surface area (Å²) in [6, 6.07) is 23.2. The molecule has 3 aromatic heterocycles. The van der Waals surface area contributed by atoms with Crippen molar-refractivity contribution in [3.8, 4) is 33.7 Å². The third-order valence-electron chi connectivity index (χ3n) is 6.29. The van der Waals surface area contributed by atoms with E-state index in [2.05, 4.69) is 27.1 Å². The Morgan fingerprint density at radius 3 is 2.41 bits per heavy atom. The molecule has 6 aromatic rings. The van der Waals surface area contributed by atoms with Gasteiger partial charge in [0.05, 0.1) is 19.3 Å². The largest absolute Gasteiger partial charge is 0.497 e. The van der Waals surface area contributed by atoms with E-state index in [9.17, 15) is 4.79 Å². The van der Waals surface area contributed by atoms with Crippen molar-refractivity contribution in [2.45, 2.75) is 6.92 Å². The first-order valence-corrected chi connectivity index (χ1v) is 11.8. The number of hydrogen-bond acceptors (Lipinski definition) is 7. The number of aromatic nitrogens is 4. The molecular formula is C29H22N4O4. The minimum Gasteiger partial charge on any atom is -0.497 e. The van der Waals surface area contributed by atoms with Crippen LogP contribution >= 0.6 is 0 Å². The molecule has 0 unspecified atom stereocenters. The van der Waals surface area contributed by atoms with Crippen LogP contribution in [-0.4, -0.2) is 39.6 Å². The minimum absolute atomic E-state index is 0.334.